The first-order valence-electron chi connectivity index (χ1n) is 6.25. The van der Waals surface area contributed by atoms with Gasteiger partial charge in [-0.1, -0.05) is 24.0 Å². The number of hydrogen-bond acceptors (Lipinski definition) is 2. The molecule has 0 amide bonds. The Hall–Kier alpha value is -2.38. The van der Waals surface area contributed by atoms with Crippen LogP contribution in [0.3, 0.4) is 0 Å². The normalized spacial score (nSPS) is 9.95. The highest BCUT2D eigenvalue weighted by Crippen LogP contribution is 2.11. The van der Waals surface area contributed by atoms with Crippen molar-refractivity contribution in [2.45, 2.75) is 13.5 Å². The van der Waals surface area contributed by atoms with Gasteiger partial charge in [-0.25, -0.2) is 4.39 Å². The molecule has 3 nitrogen and oxygen atoms in total. The Morgan fingerprint density at radius 2 is 2.15 bits per heavy atom. The highest BCUT2D eigenvalue weighted by Gasteiger charge is 2.05. The van der Waals surface area contributed by atoms with E-state index in [0.717, 1.165) is 0 Å². The number of nitrogens with zero attached hydrogens (tertiary/aromatic N) is 1. The molecule has 102 valence electrons. The number of benzene rings is 1. The van der Waals surface area contributed by atoms with Crippen molar-refractivity contribution in [3.05, 3.63) is 69.4 Å². The maximum Gasteiger partial charge on any atom is 0.253 e. The fourth-order valence-electron chi connectivity index (χ4n) is 1.87. The molecule has 0 saturated carbocycles. The predicted molar refractivity (Wildman–Crippen MR) is 76.9 cm³/mol. The summed E-state index contributed by atoms with van der Waals surface area (Å²) in [6.07, 6.45) is 1.65. The van der Waals surface area contributed by atoms with E-state index in [1.807, 2.05) is 0 Å². The summed E-state index contributed by atoms with van der Waals surface area (Å²) in [7, 11) is 0. The van der Waals surface area contributed by atoms with E-state index in [4.69, 9.17) is 5.73 Å². The molecule has 0 aliphatic rings. The summed E-state index contributed by atoms with van der Waals surface area (Å²) >= 11 is 0. The average molecular weight is 270 g/mol. The van der Waals surface area contributed by atoms with Crippen molar-refractivity contribution < 1.29 is 4.39 Å². The molecular weight excluding hydrogens is 255 g/mol. The minimum absolute atomic E-state index is 0.112. The summed E-state index contributed by atoms with van der Waals surface area (Å²) in [5.74, 6) is 5.07. The van der Waals surface area contributed by atoms with E-state index in [1.165, 1.54) is 10.6 Å². The molecule has 2 rings (SSSR count). The number of halogens is 1. The van der Waals surface area contributed by atoms with Crippen LogP contribution in [0.5, 0.6) is 0 Å². The zero-order valence-corrected chi connectivity index (χ0v) is 11.2. The Bertz CT molecular complexity index is 738. The van der Waals surface area contributed by atoms with Crippen molar-refractivity contribution in [1.82, 2.24) is 4.57 Å². The largest absolute Gasteiger partial charge is 0.320 e. The molecule has 0 fully saturated rings. The minimum Gasteiger partial charge on any atom is -0.320 e. The second-order valence-corrected chi connectivity index (χ2v) is 4.44. The van der Waals surface area contributed by atoms with Gasteiger partial charge in [0.25, 0.3) is 5.56 Å². The van der Waals surface area contributed by atoms with Crippen molar-refractivity contribution >= 4 is 0 Å². The van der Waals surface area contributed by atoms with Crippen LogP contribution in [0.15, 0.2) is 41.3 Å². The van der Waals surface area contributed by atoms with Gasteiger partial charge >= 0.3 is 0 Å². The van der Waals surface area contributed by atoms with Crippen LogP contribution >= 0.6 is 0 Å². The van der Waals surface area contributed by atoms with Crippen LogP contribution in [-0.4, -0.2) is 11.1 Å². The van der Waals surface area contributed by atoms with Crippen molar-refractivity contribution in [3.63, 3.8) is 0 Å². The van der Waals surface area contributed by atoms with E-state index in [1.54, 1.807) is 37.4 Å². The highest BCUT2D eigenvalue weighted by molar-refractivity contribution is 5.37. The van der Waals surface area contributed by atoms with Gasteiger partial charge in [0.15, 0.2) is 0 Å². The number of aromatic nitrogens is 1. The lowest BCUT2D eigenvalue weighted by atomic mass is 10.1. The zero-order chi connectivity index (χ0) is 14.5. The van der Waals surface area contributed by atoms with Gasteiger partial charge in [-0.15, -0.1) is 0 Å². The van der Waals surface area contributed by atoms with E-state index in [0.29, 0.717) is 16.7 Å². The summed E-state index contributed by atoms with van der Waals surface area (Å²) in [5, 5.41) is 0. The van der Waals surface area contributed by atoms with Gasteiger partial charge in [0.05, 0.1) is 13.1 Å². The number of pyridine rings is 1. The maximum absolute atomic E-state index is 14.0. The van der Waals surface area contributed by atoms with Crippen LogP contribution in [0.1, 0.15) is 16.7 Å². The fraction of sp³-hybridized carbons (Fsp3) is 0.188. The van der Waals surface area contributed by atoms with Gasteiger partial charge in [0.1, 0.15) is 5.82 Å². The molecule has 1 aromatic heterocycles. The van der Waals surface area contributed by atoms with Crippen LogP contribution in [0.25, 0.3) is 0 Å². The second kappa shape index (κ2) is 6.18. The summed E-state index contributed by atoms with van der Waals surface area (Å²) in [6, 6.07) is 8.24. The van der Waals surface area contributed by atoms with Crippen molar-refractivity contribution in [2.24, 2.45) is 5.73 Å². The molecular formula is C16H15FN2O. The smallest absolute Gasteiger partial charge is 0.253 e. The zero-order valence-electron chi connectivity index (χ0n) is 11.2. The van der Waals surface area contributed by atoms with Crippen LogP contribution < -0.4 is 11.3 Å². The molecule has 0 bridgehead atoms. The molecule has 0 atom stereocenters. The molecule has 4 heteroatoms. The molecule has 1 heterocycles. The van der Waals surface area contributed by atoms with E-state index in [-0.39, 0.29) is 24.5 Å². The molecule has 2 N–H and O–H groups in total. The van der Waals surface area contributed by atoms with E-state index in [9.17, 15) is 9.18 Å². The van der Waals surface area contributed by atoms with Gasteiger partial charge in [0, 0.05) is 22.9 Å². The summed E-state index contributed by atoms with van der Waals surface area (Å²) < 4.78 is 15.5. The lowest BCUT2D eigenvalue weighted by Crippen LogP contribution is -2.22. The van der Waals surface area contributed by atoms with Crippen molar-refractivity contribution in [3.8, 4) is 11.8 Å². The quantitative estimate of drug-likeness (QED) is 0.844. The molecule has 20 heavy (non-hydrogen) atoms. The van der Waals surface area contributed by atoms with Crippen molar-refractivity contribution in [1.29, 1.82) is 0 Å². The first-order chi connectivity index (χ1) is 9.61. The third-order valence-electron chi connectivity index (χ3n) is 2.94. The summed E-state index contributed by atoms with van der Waals surface area (Å²) in [6.45, 7) is 2.18. The van der Waals surface area contributed by atoms with Crippen LogP contribution in [-0.2, 0) is 6.54 Å². The molecule has 0 spiro atoms. The molecule has 0 aliphatic carbocycles. The predicted octanol–water partition coefficient (Wildman–Crippen LogP) is 1.65. The second-order valence-electron chi connectivity index (χ2n) is 4.44. The SMILES string of the molecule is Cc1cccn(Cc2ccc(C#CCN)cc2F)c1=O. The fourth-order valence-corrected chi connectivity index (χ4v) is 1.87. The molecule has 0 unspecified atom stereocenters. The van der Waals surface area contributed by atoms with E-state index >= 15 is 0 Å². The monoisotopic (exact) mass is 270 g/mol. The van der Waals surface area contributed by atoms with E-state index in [2.05, 4.69) is 11.8 Å². The van der Waals surface area contributed by atoms with Gasteiger partial charge in [-0.3, -0.25) is 4.79 Å². The highest BCUT2D eigenvalue weighted by atomic mass is 19.1. The number of hydrogen-bond donors (Lipinski definition) is 1. The molecule has 0 aliphatic heterocycles. The van der Waals surface area contributed by atoms with Gasteiger partial charge in [-0.05, 0) is 25.1 Å². The Morgan fingerprint density at radius 3 is 2.85 bits per heavy atom. The molecule has 2 aromatic rings. The van der Waals surface area contributed by atoms with E-state index < -0.39 is 0 Å². The molecule has 0 saturated heterocycles. The van der Waals surface area contributed by atoms with Crippen molar-refractivity contribution in [2.75, 3.05) is 6.54 Å². The van der Waals surface area contributed by atoms with Gasteiger partial charge in [0.2, 0.25) is 0 Å². The summed E-state index contributed by atoms with van der Waals surface area (Å²) in [4.78, 5) is 11.9. The summed E-state index contributed by atoms with van der Waals surface area (Å²) in [5.41, 5.74) is 6.83. The molecule has 0 radical (unpaired) electrons. The Kier molecular flexibility index (Phi) is 4.34. The average Bonchev–Trinajstić information content (AvgIpc) is 2.44. The van der Waals surface area contributed by atoms with Crippen LogP contribution in [0, 0.1) is 24.6 Å². The lowest BCUT2D eigenvalue weighted by molar-refractivity contribution is 0.595. The number of nitrogens with two attached hydrogens (primary N) is 1. The third-order valence-corrected chi connectivity index (χ3v) is 2.94. The lowest BCUT2D eigenvalue weighted by Gasteiger charge is -2.08. The standard InChI is InChI=1S/C16H15FN2O/c1-12-4-3-9-19(16(12)20)11-14-7-6-13(5-2-8-18)10-15(14)17/h3-4,6-7,9-10H,8,11,18H2,1H3. The Morgan fingerprint density at radius 1 is 1.35 bits per heavy atom. The minimum atomic E-state index is -0.373. The number of aryl methyl sites for hydroxylation is 1. The Labute approximate surface area is 116 Å². The van der Waals surface area contributed by atoms with Crippen LogP contribution in [0.4, 0.5) is 4.39 Å². The number of rotatable bonds is 2. The van der Waals surface area contributed by atoms with Crippen LogP contribution in [0.2, 0.25) is 0 Å². The Balaban J connectivity index is 2.30. The van der Waals surface area contributed by atoms with Gasteiger partial charge in [-0.2, -0.15) is 0 Å². The van der Waals surface area contributed by atoms with Gasteiger partial charge < -0.3 is 10.3 Å². The topological polar surface area (TPSA) is 48.0 Å². The maximum atomic E-state index is 14.0. The molecule has 1 aromatic carbocycles. The first-order valence-corrected chi connectivity index (χ1v) is 6.25. The third kappa shape index (κ3) is 3.14. The first kappa shape index (κ1) is 14.0.